The molecule has 0 aliphatic carbocycles. The number of carbonyl (C=O) groups excluding carboxylic acids is 1. The van der Waals surface area contributed by atoms with Gasteiger partial charge in [0.15, 0.2) is 6.10 Å². The molecule has 26 heavy (non-hydrogen) atoms. The number of para-hydroxylation sites is 1. The molecule has 3 rings (SSSR count). The summed E-state index contributed by atoms with van der Waals surface area (Å²) in [6, 6.07) is 15.7. The number of ether oxygens (including phenoxy) is 1. The largest absolute Gasteiger partial charge is 0.481 e. The summed E-state index contributed by atoms with van der Waals surface area (Å²) in [5.74, 6) is 0.843. The van der Waals surface area contributed by atoms with E-state index in [1.807, 2.05) is 54.3 Å². The van der Waals surface area contributed by atoms with E-state index in [2.05, 4.69) is 17.9 Å². The number of nitrogens with zero attached hydrogens (tertiary/aromatic N) is 2. The standard InChI is InChI=1S/C21H25ClN2O2/c1-3-17-7-4-5-10-20(17)26-16(2)21(25)24-13-11-23(12-14-24)19-9-6-8-18(22)15-19/h4-10,15-16H,3,11-14H2,1-2H3/t16-/m0/s1. The van der Waals surface area contributed by atoms with Gasteiger partial charge in [0.25, 0.3) is 5.91 Å². The van der Waals surface area contributed by atoms with Crippen molar-refractivity contribution in [3.05, 3.63) is 59.1 Å². The minimum Gasteiger partial charge on any atom is -0.481 e. The Labute approximate surface area is 160 Å². The summed E-state index contributed by atoms with van der Waals surface area (Å²) in [6.07, 6.45) is 0.399. The van der Waals surface area contributed by atoms with Crippen molar-refractivity contribution in [1.29, 1.82) is 0 Å². The smallest absolute Gasteiger partial charge is 0.263 e. The van der Waals surface area contributed by atoms with Gasteiger partial charge in [0.05, 0.1) is 0 Å². The van der Waals surface area contributed by atoms with Crippen molar-refractivity contribution in [2.24, 2.45) is 0 Å². The molecule has 1 amide bonds. The molecule has 1 aliphatic heterocycles. The van der Waals surface area contributed by atoms with Crippen LogP contribution in [0.25, 0.3) is 0 Å². The maximum Gasteiger partial charge on any atom is 0.263 e. The van der Waals surface area contributed by atoms with Gasteiger partial charge in [-0.25, -0.2) is 0 Å². The molecule has 0 N–H and O–H groups in total. The fraction of sp³-hybridized carbons (Fsp3) is 0.381. The third-order valence-electron chi connectivity index (χ3n) is 4.77. The van der Waals surface area contributed by atoms with Gasteiger partial charge in [-0.15, -0.1) is 0 Å². The van der Waals surface area contributed by atoms with Gasteiger partial charge in [0.1, 0.15) is 5.75 Å². The lowest BCUT2D eigenvalue weighted by atomic mass is 10.1. The van der Waals surface area contributed by atoms with E-state index in [-0.39, 0.29) is 5.91 Å². The molecule has 2 aromatic carbocycles. The van der Waals surface area contributed by atoms with Crippen LogP contribution < -0.4 is 9.64 Å². The first-order valence-corrected chi connectivity index (χ1v) is 9.50. The van der Waals surface area contributed by atoms with Gasteiger partial charge in [-0.2, -0.15) is 0 Å². The third-order valence-corrected chi connectivity index (χ3v) is 5.00. The monoisotopic (exact) mass is 372 g/mol. The lowest BCUT2D eigenvalue weighted by Gasteiger charge is -2.37. The van der Waals surface area contributed by atoms with Gasteiger partial charge in [-0.1, -0.05) is 42.8 Å². The van der Waals surface area contributed by atoms with E-state index >= 15 is 0 Å². The number of anilines is 1. The number of amides is 1. The Morgan fingerprint density at radius 1 is 1.12 bits per heavy atom. The average Bonchev–Trinajstić information content (AvgIpc) is 2.68. The molecular weight excluding hydrogens is 348 g/mol. The highest BCUT2D eigenvalue weighted by molar-refractivity contribution is 6.30. The van der Waals surface area contributed by atoms with Crippen molar-refractivity contribution >= 4 is 23.2 Å². The molecular formula is C21H25ClN2O2. The minimum absolute atomic E-state index is 0.0432. The first-order valence-electron chi connectivity index (χ1n) is 9.12. The molecule has 1 heterocycles. The highest BCUT2D eigenvalue weighted by Gasteiger charge is 2.26. The summed E-state index contributed by atoms with van der Waals surface area (Å²) in [5, 5.41) is 0.734. The van der Waals surface area contributed by atoms with Crippen molar-refractivity contribution in [1.82, 2.24) is 4.90 Å². The number of aryl methyl sites for hydroxylation is 1. The highest BCUT2D eigenvalue weighted by Crippen LogP contribution is 2.22. The maximum absolute atomic E-state index is 12.8. The zero-order chi connectivity index (χ0) is 18.5. The molecule has 0 radical (unpaired) electrons. The van der Waals surface area contributed by atoms with Crippen LogP contribution in [0.4, 0.5) is 5.69 Å². The summed E-state index contributed by atoms with van der Waals surface area (Å²) in [5.41, 5.74) is 2.23. The molecule has 2 aromatic rings. The van der Waals surface area contributed by atoms with Gasteiger partial charge >= 0.3 is 0 Å². The summed E-state index contributed by atoms with van der Waals surface area (Å²) in [7, 11) is 0. The van der Waals surface area contributed by atoms with Crippen molar-refractivity contribution in [2.75, 3.05) is 31.1 Å². The summed E-state index contributed by atoms with van der Waals surface area (Å²) in [4.78, 5) is 16.9. The van der Waals surface area contributed by atoms with Crippen LogP contribution in [0.15, 0.2) is 48.5 Å². The van der Waals surface area contributed by atoms with Gasteiger partial charge < -0.3 is 14.5 Å². The molecule has 1 fully saturated rings. The normalized spacial score (nSPS) is 15.7. The Hall–Kier alpha value is -2.20. The molecule has 138 valence electrons. The zero-order valence-corrected chi connectivity index (χ0v) is 16.1. The summed E-state index contributed by atoms with van der Waals surface area (Å²) < 4.78 is 5.96. The van der Waals surface area contributed by atoms with Crippen molar-refractivity contribution < 1.29 is 9.53 Å². The maximum atomic E-state index is 12.8. The van der Waals surface area contributed by atoms with Crippen LogP contribution in [-0.4, -0.2) is 43.1 Å². The van der Waals surface area contributed by atoms with Crippen LogP contribution in [0.5, 0.6) is 5.75 Å². The Morgan fingerprint density at radius 2 is 1.85 bits per heavy atom. The van der Waals surface area contributed by atoms with E-state index in [1.165, 1.54) is 0 Å². The molecule has 0 unspecified atom stereocenters. The van der Waals surface area contributed by atoms with E-state index in [0.717, 1.165) is 41.5 Å². The molecule has 1 atom stereocenters. The number of piperazine rings is 1. The topological polar surface area (TPSA) is 32.8 Å². The Balaban J connectivity index is 1.57. The van der Waals surface area contributed by atoms with E-state index < -0.39 is 6.10 Å². The van der Waals surface area contributed by atoms with Crippen molar-refractivity contribution in [3.8, 4) is 5.75 Å². The third kappa shape index (κ3) is 4.31. The fourth-order valence-electron chi connectivity index (χ4n) is 3.27. The fourth-order valence-corrected chi connectivity index (χ4v) is 3.45. The molecule has 1 aliphatic rings. The predicted molar refractivity (Wildman–Crippen MR) is 106 cm³/mol. The van der Waals surface area contributed by atoms with Gasteiger partial charge in [-0.3, -0.25) is 4.79 Å². The Kier molecular flexibility index (Phi) is 6.04. The molecule has 5 heteroatoms. The van der Waals surface area contributed by atoms with Crippen LogP contribution in [0.2, 0.25) is 5.02 Å². The van der Waals surface area contributed by atoms with Gasteiger partial charge in [0, 0.05) is 36.9 Å². The molecule has 0 bridgehead atoms. The predicted octanol–water partition coefficient (Wildman–Crippen LogP) is 4.02. The zero-order valence-electron chi connectivity index (χ0n) is 15.3. The second-order valence-electron chi connectivity index (χ2n) is 6.51. The van der Waals surface area contributed by atoms with E-state index in [9.17, 15) is 4.79 Å². The highest BCUT2D eigenvalue weighted by atomic mass is 35.5. The van der Waals surface area contributed by atoms with Crippen LogP contribution in [0, 0.1) is 0 Å². The molecule has 4 nitrogen and oxygen atoms in total. The minimum atomic E-state index is -0.486. The second kappa shape index (κ2) is 8.45. The summed E-state index contributed by atoms with van der Waals surface area (Å²) in [6.45, 7) is 6.89. The SMILES string of the molecule is CCc1ccccc1O[C@@H](C)C(=O)N1CCN(c2cccc(Cl)c2)CC1. The lowest BCUT2D eigenvalue weighted by Crippen LogP contribution is -2.52. The number of benzene rings is 2. The van der Waals surface area contributed by atoms with E-state index in [1.54, 1.807) is 0 Å². The van der Waals surface area contributed by atoms with Crippen LogP contribution in [-0.2, 0) is 11.2 Å². The number of hydrogen-bond donors (Lipinski definition) is 0. The molecule has 0 saturated carbocycles. The number of hydrogen-bond acceptors (Lipinski definition) is 3. The second-order valence-corrected chi connectivity index (χ2v) is 6.95. The number of rotatable bonds is 5. The number of carbonyl (C=O) groups is 1. The Morgan fingerprint density at radius 3 is 2.54 bits per heavy atom. The van der Waals surface area contributed by atoms with E-state index in [0.29, 0.717) is 13.1 Å². The number of halogens is 1. The van der Waals surface area contributed by atoms with Crippen molar-refractivity contribution in [2.45, 2.75) is 26.4 Å². The Bertz CT molecular complexity index is 757. The van der Waals surface area contributed by atoms with Crippen LogP contribution >= 0.6 is 11.6 Å². The quantitative estimate of drug-likeness (QED) is 0.794. The summed E-state index contributed by atoms with van der Waals surface area (Å²) >= 11 is 6.08. The average molecular weight is 373 g/mol. The first kappa shape index (κ1) is 18.6. The van der Waals surface area contributed by atoms with E-state index in [4.69, 9.17) is 16.3 Å². The first-order chi connectivity index (χ1) is 12.6. The molecule has 1 saturated heterocycles. The lowest BCUT2D eigenvalue weighted by molar-refractivity contribution is -0.138. The molecule has 0 spiro atoms. The van der Waals surface area contributed by atoms with Gasteiger partial charge in [0.2, 0.25) is 0 Å². The molecule has 0 aromatic heterocycles. The van der Waals surface area contributed by atoms with Crippen LogP contribution in [0.3, 0.4) is 0 Å². The van der Waals surface area contributed by atoms with Gasteiger partial charge in [-0.05, 0) is 43.2 Å². The van der Waals surface area contributed by atoms with Crippen LogP contribution in [0.1, 0.15) is 19.4 Å². The van der Waals surface area contributed by atoms with Crippen molar-refractivity contribution in [3.63, 3.8) is 0 Å².